The number of ketones is 1. The molecule has 2 heterocycles. The van der Waals surface area contributed by atoms with Gasteiger partial charge in [-0.15, -0.1) is 10.2 Å². The summed E-state index contributed by atoms with van der Waals surface area (Å²) < 4.78 is 16.9. The molecule has 6 rings (SSSR count). The summed E-state index contributed by atoms with van der Waals surface area (Å²) in [6.07, 6.45) is 0. The molecular formula is C33H26BrN3O7S2. The van der Waals surface area contributed by atoms with Gasteiger partial charge in [0.1, 0.15) is 5.76 Å². The summed E-state index contributed by atoms with van der Waals surface area (Å²) in [5.41, 5.74) is 1.55. The Labute approximate surface area is 280 Å². The topological polar surface area (TPSA) is 131 Å². The van der Waals surface area contributed by atoms with E-state index in [1.54, 1.807) is 18.2 Å². The summed E-state index contributed by atoms with van der Waals surface area (Å²) in [4.78, 5) is 28.6. The lowest BCUT2D eigenvalue weighted by atomic mass is 9.95. The molecule has 10 nitrogen and oxygen atoms in total. The summed E-state index contributed by atoms with van der Waals surface area (Å²) >= 11 is 5.96. The van der Waals surface area contributed by atoms with Gasteiger partial charge in [-0.2, -0.15) is 0 Å². The number of rotatable bonds is 9. The molecule has 2 N–H and O–H groups in total. The Morgan fingerprint density at radius 3 is 2.43 bits per heavy atom. The third-order valence-electron chi connectivity index (χ3n) is 7.52. The number of amides is 1. The number of nitrogens with zero attached hydrogens (tertiary/aromatic N) is 3. The summed E-state index contributed by atoms with van der Waals surface area (Å²) in [6.45, 7) is 0. The Balaban J connectivity index is 1.43. The first-order valence-electron chi connectivity index (χ1n) is 13.8. The molecule has 1 aliphatic heterocycles. The maximum absolute atomic E-state index is 13.7. The van der Waals surface area contributed by atoms with Crippen molar-refractivity contribution >= 4 is 72.4 Å². The highest BCUT2D eigenvalue weighted by Crippen LogP contribution is 2.47. The van der Waals surface area contributed by atoms with Crippen LogP contribution in [0.15, 0.2) is 87.2 Å². The normalized spacial score (nSPS) is 15.8. The molecule has 234 valence electrons. The predicted octanol–water partition coefficient (Wildman–Crippen LogP) is 7.10. The average Bonchev–Trinajstić information content (AvgIpc) is 3.65. The number of hydrogen-bond donors (Lipinski definition) is 2. The van der Waals surface area contributed by atoms with Crippen molar-refractivity contribution in [2.45, 2.75) is 16.1 Å². The molecule has 4 aromatic carbocycles. The molecule has 46 heavy (non-hydrogen) atoms. The van der Waals surface area contributed by atoms with E-state index in [4.69, 9.17) is 14.2 Å². The number of carbonyl (C=O) groups excluding carboxylic acids is 2. The Morgan fingerprint density at radius 1 is 0.935 bits per heavy atom. The van der Waals surface area contributed by atoms with Crippen LogP contribution in [-0.4, -0.2) is 53.4 Å². The first kappa shape index (κ1) is 31.4. The van der Waals surface area contributed by atoms with E-state index in [0.717, 1.165) is 27.7 Å². The molecule has 1 aliphatic rings. The summed E-state index contributed by atoms with van der Waals surface area (Å²) in [7, 11) is 4.32. The number of phenolic OH excluding ortho intramolecular Hbond substituents is 1. The van der Waals surface area contributed by atoms with Gasteiger partial charge in [0.25, 0.3) is 5.78 Å². The Bertz CT molecular complexity index is 2020. The zero-order chi connectivity index (χ0) is 32.5. The van der Waals surface area contributed by atoms with E-state index in [1.807, 2.05) is 18.2 Å². The van der Waals surface area contributed by atoms with Crippen LogP contribution in [0.2, 0.25) is 0 Å². The van der Waals surface area contributed by atoms with Crippen molar-refractivity contribution < 1.29 is 34.0 Å². The number of anilines is 1. The zero-order valence-electron chi connectivity index (χ0n) is 24.7. The highest BCUT2D eigenvalue weighted by atomic mass is 79.9. The third kappa shape index (κ3) is 5.65. The molecule has 13 heteroatoms. The molecule has 1 aromatic heterocycles. The quantitative estimate of drug-likeness (QED) is 0.0535. The minimum absolute atomic E-state index is 0.102. The second-order valence-corrected chi connectivity index (χ2v) is 13.1. The fourth-order valence-corrected chi connectivity index (χ4v) is 7.64. The van der Waals surface area contributed by atoms with Gasteiger partial charge in [-0.1, -0.05) is 65.6 Å². The van der Waals surface area contributed by atoms with E-state index < -0.39 is 23.5 Å². The predicted molar refractivity (Wildman–Crippen MR) is 180 cm³/mol. The number of phenols is 1. The number of halogens is 1. The Kier molecular flexibility index (Phi) is 8.89. The van der Waals surface area contributed by atoms with Crippen LogP contribution in [0.1, 0.15) is 22.7 Å². The van der Waals surface area contributed by atoms with E-state index in [-0.39, 0.29) is 32.2 Å². The summed E-state index contributed by atoms with van der Waals surface area (Å²) in [6, 6.07) is 20.8. The fraction of sp³-hybridized carbons (Fsp3) is 0.152. The molecule has 0 bridgehead atoms. The number of aliphatic hydroxyl groups is 1. The maximum atomic E-state index is 13.7. The van der Waals surface area contributed by atoms with Gasteiger partial charge in [-0.3, -0.25) is 14.5 Å². The minimum atomic E-state index is -1.14. The van der Waals surface area contributed by atoms with Gasteiger partial charge in [-0.05, 0) is 68.2 Å². The number of ether oxygens (including phenoxy) is 3. The molecule has 1 saturated heterocycles. The number of aliphatic hydroxyl groups excluding tert-OH is 1. The molecule has 0 saturated carbocycles. The van der Waals surface area contributed by atoms with Crippen LogP contribution < -0.4 is 19.1 Å². The van der Waals surface area contributed by atoms with Crippen LogP contribution in [0, 0.1) is 0 Å². The van der Waals surface area contributed by atoms with Gasteiger partial charge in [0, 0.05) is 11.3 Å². The van der Waals surface area contributed by atoms with Crippen molar-refractivity contribution in [3.8, 4) is 23.0 Å². The second kappa shape index (κ2) is 13.0. The van der Waals surface area contributed by atoms with Crippen LogP contribution in [0.25, 0.3) is 16.5 Å². The number of fused-ring (bicyclic) bond motifs is 1. The smallest absolute Gasteiger partial charge is 0.301 e. The largest absolute Gasteiger partial charge is 0.507 e. The third-order valence-corrected chi connectivity index (χ3v) is 10.2. The lowest BCUT2D eigenvalue weighted by Crippen LogP contribution is -2.29. The van der Waals surface area contributed by atoms with Gasteiger partial charge >= 0.3 is 5.91 Å². The highest BCUT2D eigenvalue weighted by molar-refractivity contribution is 9.10. The van der Waals surface area contributed by atoms with Crippen LogP contribution >= 0.6 is 39.0 Å². The number of thioether (sulfide) groups is 1. The van der Waals surface area contributed by atoms with E-state index >= 15 is 0 Å². The molecule has 1 amide bonds. The van der Waals surface area contributed by atoms with Crippen LogP contribution in [0.4, 0.5) is 5.13 Å². The number of aromatic nitrogens is 2. The monoisotopic (exact) mass is 719 g/mol. The number of hydrogen-bond acceptors (Lipinski definition) is 11. The molecular weight excluding hydrogens is 694 g/mol. The van der Waals surface area contributed by atoms with E-state index in [1.165, 1.54) is 50.1 Å². The van der Waals surface area contributed by atoms with Gasteiger partial charge < -0.3 is 24.4 Å². The second-order valence-electron chi connectivity index (χ2n) is 10.1. The van der Waals surface area contributed by atoms with Crippen molar-refractivity contribution in [1.82, 2.24) is 10.2 Å². The van der Waals surface area contributed by atoms with Crippen molar-refractivity contribution in [2.24, 2.45) is 0 Å². The highest BCUT2D eigenvalue weighted by Gasteiger charge is 2.49. The van der Waals surface area contributed by atoms with Gasteiger partial charge in [0.05, 0.1) is 37.4 Å². The van der Waals surface area contributed by atoms with Gasteiger partial charge in [0.2, 0.25) is 5.13 Å². The standard InChI is InChI=1S/C33H26BrN3O7S2/c1-42-23-12-11-18(14-24(23)43-2)28(38)26-27(20-13-22(34)29(39)25(15-20)44-3)37(31(41)30(26)40)32-35-36-33(46-32)45-16-19-9-6-8-17-7-4-5-10-21(17)19/h4-15,27,38-39H,16H2,1-3H3. The van der Waals surface area contributed by atoms with E-state index in [9.17, 15) is 19.8 Å². The lowest BCUT2D eigenvalue weighted by Gasteiger charge is -2.23. The number of methoxy groups -OCH3 is 3. The van der Waals surface area contributed by atoms with Crippen molar-refractivity contribution in [2.75, 3.05) is 26.2 Å². The fourth-order valence-electron chi connectivity index (χ4n) is 5.31. The lowest BCUT2D eigenvalue weighted by molar-refractivity contribution is -0.132. The molecule has 5 aromatic rings. The van der Waals surface area contributed by atoms with E-state index in [2.05, 4.69) is 50.4 Å². The number of carbonyl (C=O) groups is 2. The maximum Gasteiger partial charge on any atom is 0.301 e. The van der Waals surface area contributed by atoms with E-state index in [0.29, 0.717) is 27.2 Å². The SMILES string of the molecule is COc1ccc(C(O)=C2C(=O)C(=O)N(c3nnc(SCc4cccc5ccccc45)s3)C2c2cc(Br)c(O)c(OC)c2)cc1OC. The van der Waals surface area contributed by atoms with Crippen molar-refractivity contribution in [3.63, 3.8) is 0 Å². The molecule has 1 fully saturated rings. The van der Waals surface area contributed by atoms with Gasteiger partial charge in [-0.25, -0.2) is 0 Å². The number of Topliss-reactive ketones (excluding diaryl/α,β-unsaturated/α-hetero) is 1. The van der Waals surface area contributed by atoms with Crippen molar-refractivity contribution in [1.29, 1.82) is 0 Å². The minimum Gasteiger partial charge on any atom is -0.507 e. The van der Waals surface area contributed by atoms with Crippen LogP contribution in [0.5, 0.6) is 23.0 Å². The summed E-state index contributed by atoms with van der Waals surface area (Å²) in [5.74, 6) is -0.938. The number of benzene rings is 4. The van der Waals surface area contributed by atoms with Crippen LogP contribution in [-0.2, 0) is 15.3 Å². The molecule has 0 spiro atoms. The average molecular weight is 721 g/mol. The number of aromatic hydroxyl groups is 1. The first-order valence-corrected chi connectivity index (χ1v) is 16.4. The zero-order valence-corrected chi connectivity index (χ0v) is 27.9. The molecule has 0 aliphatic carbocycles. The molecule has 0 radical (unpaired) electrons. The van der Waals surface area contributed by atoms with Gasteiger partial charge in [0.15, 0.2) is 27.3 Å². The van der Waals surface area contributed by atoms with Crippen LogP contribution in [0.3, 0.4) is 0 Å². The Hall–Kier alpha value is -4.59. The molecule has 1 unspecified atom stereocenters. The summed E-state index contributed by atoms with van der Waals surface area (Å²) in [5, 5.41) is 33.2. The van der Waals surface area contributed by atoms with Crippen molar-refractivity contribution in [3.05, 3.63) is 99.5 Å². The Morgan fingerprint density at radius 2 is 1.67 bits per heavy atom. The first-order chi connectivity index (χ1) is 22.2. The molecule has 1 atom stereocenters.